The van der Waals surface area contributed by atoms with Crippen molar-refractivity contribution in [1.82, 2.24) is 0 Å². The van der Waals surface area contributed by atoms with E-state index in [9.17, 15) is 20.4 Å². The van der Waals surface area contributed by atoms with Gasteiger partial charge in [0.05, 0.1) is 28.4 Å². The van der Waals surface area contributed by atoms with Gasteiger partial charge >= 0.3 is 0 Å². The number of ether oxygens (including phenoxy) is 4. The zero-order valence-corrected chi connectivity index (χ0v) is 22.2. The van der Waals surface area contributed by atoms with Gasteiger partial charge in [0, 0.05) is 34.0 Å². The Balaban J connectivity index is 1.80. The Labute approximate surface area is 228 Å². The molecule has 0 amide bonds. The fourth-order valence-corrected chi connectivity index (χ4v) is 5.62. The minimum absolute atomic E-state index is 0.00197. The molecule has 0 aliphatic heterocycles. The molecular formula is C32H26O8. The van der Waals surface area contributed by atoms with E-state index >= 15 is 0 Å². The van der Waals surface area contributed by atoms with Gasteiger partial charge in [0.25, 0.3) is 0 Å². The summed E-state index contributed by atoms with van der Waals surface area (Å²) < 4.78 is 22.0. The molecule has 0 saturated heterocycles. The van der Waals surface area contributed by atoms with Gasteiger partial charge < -0.3 is 39.4 Å². The van der Waals surface area contributed by atoms with E-state index in [0.29, 0.717) is 55.3 Å². The summed E-state index contributed by atoms with van der Waals surface area (Å²) in [6.45, 7) is 0. The first-order valence-electron chi connectivity index (χ1n) is 12.4. The number of benzene rings is 6. The molecule has 0 fully saturated rings. The summed E-state index contributed by atoms with van der Waals surface area (Å²) in [5, 5.41) is 49.1. The van der Waals surface area contributed by atoms with Crippen molar-refractivity contribution >= 4 is 43.1 Å². The van der Waals surface area contributed by atoms with Gasteiger partial charge in [0.2, 0.25) is 0 Å². The minimum Gasteiger partial charge on any atom is -0.507 e. The minimum atomic E-state index is -0.105. The maximum absolute atomic E-state index is 11.4. The lowest BCUT2D eigenvalue weighted by Crippen LogP contribution is -1.94. The zero-order chi connectivity index (χ0) is 28.3. The van der Waals surface area contributed by atoms with Crippen LogP contribution in [-0.4, -0.2) is 48.9 Å². The van der Waals surface area contributed by atoms with Crippen molar-refractivity contribution in [2.24, 2.45) is 0 Å². The molecule has 4 N–H and O–H groups in total. The molecule has 6 aromatic rings. The van der Waals surface area contributed by atoms with Gasteiger partial charge in [0.15, 0.2) is 23.0 Å². The van der Waals surface area contributed by atoms with Gasteiger partial charge in [-0.3, -0.25) is 0 Å². The van der Waals surface area contributed by atoms with Crippen LogP contribution in [0.5, 0.6) is 46.0 Å². The van der Waals surface area contributed by atoms with Crippen LogP contribution in [0, 0.1) is 0 Å². The van der Waals surface area contributed by atoms with Crippen LogP contribution in [-0.2, 0) is 0 Å². The molecule has 8 nitrogen and oxygen atoms in total. The van der Waals surface area contributed by atoms with Crippen molar-refractivity contribution in [3.63, 3.8) is 0 Å². The maximum atomic E-state index is 11.4. The summed E-state index contributed by atoms with van der Waals surface area (Å²) in [5.41, 5.74) is 0.759. The van der Waals surface area contributed by atoms with Crippen molar-refractivity contribution in [2.45, 2.75) is 0 Å². The highest BCUT2D eigenvalue weighted by atomic mass is 16.5. The number of aromatic hydroxyl groups is 4. The molecule has 0 heterocycles. The molecule has 0 aromatic heterocycles. The van der Waals surface area contributed by atoms with E-state index in [1.165, 1.54) is 40.6 Å². The number of rotatable bonds is 5. The summed E-state index contributed by atoms with van der Waals surface area (Å²) in [6, 6.07) is 17.0. The zero-order valence-electron chi connectivity index (χ0n) is 22.2. The predicted molar refractivity (Wildman–Crippen MR) is 155 cm³/mol. The van der Waals surface area contributed by atoms with Gasteiger partial charge in [-0.1, -0.05) is 24.3 Å². The van der Waals surface area contributed by atoms with E-state index < -0.39 is 0 Å². The van der Waals surface area contributed by atoms with E-state index in [0.717, 1.165) is 16.2 Å². The van der Waals surface area contributed by atoms with Crippen LogP contribution in [0.15, 0.2) is 60.7 Å². The number of methoxy groups -OCH3 is 4. The molecule has 8 heteroatoms. The Morgan fingerprint density at radius 1 is 0.400 bits per heavy atom. The molecule has 40 heavy (non-hydrogen) atoms. The number of hydrogen-bond acceptors (Lipinski definition) is 8. The summed E-state index contributed by atoms with van der Waals surface area (Å²) in [6.07, 6.45) is 0. The van der Waals surface area contributed by atoms with Crippen molar-refractivity contribution in [1.29, 1.82) is 0 Å². The standard InChI is InChI=1S/C32H26O8/c1-37-25-10-16-6-8-17-29(19(16)11-22(25)34)27(39-3)13-23(35)31(17)32-18-7-5-15-9-21(33)26(38-2)12-20(15)30(18)28(40-4)14-24(32)36/h5-14,33-36H,1-4H3. The first kappa shape index (κ1) is 25.1. The van der Waals surface area contributed by atoms with Crippen molar-refractivity contribution in [3.05, 3.63) is 60.7 Å². The molecule has 0 atom stereocenters. The van der Waals surface area contributed by atoms with E-state index in [-0.39, 0.29) is 28.7 Å². The Hall–Kier alpha value is -5.24. The lowest BCUT2D eigenvalue weighted by molar-refractivity contribution is 0.374. The number of fused-ring (bicyclic) bond motifs is 6. The molecule has 0 saturated carbocycles. The lowest BCUT2D eigenvalue weighted by Gasteiger charge is -2.20. The molecule has 0 unspecified atom stereocenters. The Kier molecular flexibility index (Phi) is 5.76. The predicted octanol–water partition coefficient (Wildman–Crippen LogP) is 6.82. The van der Waals surface area contributed by atoms with E-state index in [1.807, 2.05) is 24.3 Å². The molecule has 6 rings (SSSR count). The topological polar surface area (TPSA) is 118 Å². The number of phenols is 4. The molecule has 0 radical (unpaired) electrons. The first-order chi connectivity index (χ1) is 19.3. The fraction of sp³-hybridized carbons (Fsp3) is 0.125. The fourth-order valence-electron chi connectivity index (χ4n) is 5.62. The van der Waals surface area contributed by atoms with Crippen LogP contribution in [0.4, 0.5) is 0 Å². The highest BCUT2D eigenvalue weighted by molar-refractivity contribution is 6.22. The van der Waals surface area contributed by atoms with Gasteiger partial charge in [0.1, 0.15) is 23.0 Å². The summed E-state index contributed by atoms with van der Waals surface area (Å²) in [5.74, 6) is 1.18. The largest absolute Gasteiger partial charge is 0.507 e. The van der Waals surface area contributed by atoms with Crippen molar-refractivity contribution in [3.8, 4) is 57.1 Å². The molecular weight excluding hydrogens is 512 g/mol. The van der Waals surface area contributed by atoms with E-state index in [4.69, 9.17) is 18.9 Å². The average Bonchev–Trinajstić information content (AvgIpc) is 2.95. The molecule has 0 aliphatic rings. The third-order valence-corrected chi connectivity index (χ3v) is 7.41. The summed E-state index contributed by atoms with van der Waals surface area (Å²) in [7, 11) is 5.97. The van der Waals surface area contributed by atoms with Crippen LogP contribution in [0.3, 0.4) is 0 Å². The molecule has 0 spiro atoms. The lowest BCUT2D eigenvalue weighted by atomic mass is 9.88. The summed E-state index contributed by atoms with van der Waals surface area (Å²) >= 11 is 0. The van der Waals surface area contributed by atoms with E-state index in [2.05, 4.69) is 0 Å². The highest BCUT2D eigenvalue weighted by Gasteiger charge is 2.24. The van der Waals surface area contributed by atoms with Crippen molar-refractivity contribution in [2.75, 3.05) is 28.4 Å². The normalized spacial score (nSPS) is 11.4. The van der Waals surface area contributed by atoms with Crippen LogP contribution in [0.1, 0.15) is 0 Å². The van der Waals surface area contributed by atoms with E-state index in [1.54, 1.807) is 24.3 Å². The van der Waals surface area contributed by atoms with Gasteiger partial charge in [-0.2, -0.15) is 0 Å². The van der Waals surface area contributed by atoms with Crippen LogP contribution >= 0.6 is 0 Å². The molecule has 202 valence electrons. The molecule has 0 aliphatic carbocycles. The SMILES string of the molecule is COc1cc2ccc3c(-c4c(O)cc(OC)c5c4ccc4cc(O)c(OC)cc45)c(O)cc(OC)c3c2cc1O. The Morgan fingerprint density at radius 3 is 1.32 bits per heavy atom. The van der Waals surface area contributed by atoms with Crippen molar-refractivity contribution < 1.29 is 39.4 Å². The molecule has 0 bridgehead atoms. The third-order valence-electron chi connectivity index (χ3n) is 7.41. The monoisotopic (exact) mass is 538 g/mol. The first-order valence-corrected chi connectivity index (χ1v) is 12.4. The quantitative estimate of drug-likeness (QED) is 0.177. The third kappa shape index (κ3) is 3.53. The second kappa shape index (κ2) is 9.20. The summed E-state index contributed by atoms with van der Waals surface area (Å²) in [4.78, 5) is 0. The second-order valence-electron chi connectivity index (χ2n) is 9.41. The Bertz CT molecular complexity index is 1990. The van der Waals surface area contributed by atoms with Crippen LogP contribution < -0.4 is 18.9 Å². The second-order valence-corrected chi connectivity index (χ2v) is 9.41. The maximum Gasteiger partial charge on any atom is 0.161 e. The van der Waals surface area contributed by atoms with Gasteiger partial charge in [-0.05, 0) is 56.6 Å². The molecule has 6 aromatic carbocycles. The van der Waals surface area contributed by atoms with Crippen LogP contribution in [0.2, 0.25) is 0 Å². The van der Waals surface area contributed by atoms with Gasteiger partial charge in [-0.25, -0.2) is 0 Å². The van der Waals surface area contributed by atoms with Crippen LogP contribution in [0.25, 0.3) is 54.2 Å². The smallest absolute Gasteiger partial charge is 0.161 e. The Morgan fingerprint density at radius 2 is 0.825 bits per heavy atom. The highest BCUT2D eigenvalue weighted by Crippen LogP contribution is 2.52. The van der Waals surface area contributed by atoms with Gasteiger partial charge in [-0.15, -0.1) is 0 Å². The number of hydrogen-bond donors (Lipinski definition) is 4. The number of phenolic OH excluding ortho intramolecular Hbond substituents is 4. The average molecular weight is 539 g/mol.